The molecule has 0 radical (unpaired) electrons. The van der Waals surface area contributed by atoms with Crippen LogP contribution < -0.4 is 4.74 Å². The summed E-state index contributed by atoms with van der Waals surface area (Å²) in [7, 11) is 0. The van der Waals surface area contributed by atoms with Gasteiger partial charge in [0.05, 0.1) is 11.9 Å². The molecule has 0 N–H and O–H groups in total. The van der Waals surface area contributed by atoms with Gasteiger partial charge in [-0.2, -0.15) is 9.90 Å². The number of rotatable bonds is 4. The summed E-state index contributed by atoms with van der Waals surface area (Å²) in [5, 5.41) is 8.42. The maximum Gasteiger partial charge on any atom is 0.336 e. The van der Waals surface area contributed by atoms with Crippen LogP contribution in [0.4, 0.5) is 0 Å². The van der Waals surface area contributed by atoms with Crippen molar-refractivity contribution in [3.05, 3.63) is 78.6 Å². The summed E-state index contributed by atoms with van der Waals surface area (Å²) in [6.07, 6.45) is 4.48. The Morgan fingerprint density at radius 3 is 2.41 bits per heavy atom. The van der Waals surface area contributed by atoms with Gasteiger partial charge >= 0.3 is 5.97 Å². The number of esters is 1. The zero-order chi connectivity index (χ0) is 15.2. The Morgan fingerprint density at radius 1 is 1.00 bits per heavy atom. The second-order valence-corrected chi connectivity index (χ2v) is 4.46. The van der Waals surface area contributed by atoms with Crippen LogP contribution in [-0.4, -0.2) is 21.0 Å². The first kappa shape index (κ1) is 13.8. The first-order chi connectivity index (χ1) is 10.8. The predicted molar refractivity (Wildman–Crippen MR) is 82.5 cm³/mol. The Labute approximate surface area is 127 Å². The van der Waals surface area contributed by atoms with Gasteiger partial charge in [-0.25, -0.2) is 4.79 Å². The summed E-state index contributed by atoms with van der Waals surface area (Å²) >= 11 is 0. The van der Waals surface area contributed by atoms with E-state index in [-0.39, 0.29) is 0 Å². The molecular formula is C17H13N3O2. The average Bonchev–Trinajstić information content (AvgIpc) is 3.04. The molecule has 0 spiro atoms. The molecule has 0 saturated heterocycles. The second kappa shape index (κ2) is 6.49. The van der Waals surface area contributed by atoms with Crippen LogP contribution in [0.3, 0.4) is 0 Å². The number of carbonyl (C=O) groups is 1. The van der Waals surface area contributed by atoms with Crippen LogP contribution in [0.15, 0.2) is 72.9 Å². The lowest BCUT2D eigenvalue weighted by Gasteiger charge is -1.99. The van der Waals surface area contributed by atoms with Crippen LogP contribution in [-0.2, 0) is 4.79 Å². The van der Waals surface area contributed by atoms with E-state index in [9.17, 15) is 4.79 Å². The third kappa shape index (κ3) is 3.46. The van der Waals surface area contributed by atoms with E-state index in [1.165, 1.54) is 10.9 Å². The van der Waals surface area contributed by atoms with Crippen LogP contribution in [0.5, 0.6) is 5.75 Å². The van der Waals surface area contributed by atoms with E-state index < -0.39 is 5.97 Å². The summed E-state index contributed by atoms with van der Waals surface area (Å²) in [5.41, 5.74) is 1.43. The van der Waals surface area contributed by atoms with Crippen LogP contribution in [0.2, 0.25) is 0 Å². The molecule has 0 unspecified atom stereocenters. The van der Waals surface area contributed by atoms with Crippen molar-refractivity contribution in [2.45, 2.75) is 0 Å². The van der Waals surface area contributed by atoms with Gasteiger partial charge in [-0.3, -0.25) is 0 Å². The standard InChI is InChI=1S/C17H13N3O2/c21-17(22-16-9-5-2-6-10-16)12-11-14-13-18-20(19-14)15-7-3-1-4-8-15/h1-13H/b12-11+. The molecule has 1 heterocycles. The van der Waals surface area contributed by atoms with Crippen LogP contribution in [0.1, 0.15) is 5.69 Å². The molecule has 0 saturated carbocycles. The molecular weight excluding hydrogens is 278 g/mol. The molecule has 0 bridgehead atoms. The molecule has 22 heavy (non-hydrogen) atoms. The largest absolute Gasteiger partial charge is 0.423 e. The molecule has 0 fully saturated rings. The minimum Gasteiger partial charge on any atom is -0.423 e. The van der Waals surface area contributed by atoms with Crippen molar-refractivity contribution in [3.8, 4) is 11.4 Å². The highest BCUT2D eigenvalue weighted by molar-refractivity contribution is 5.88. The van der Waals surface area contributed by atoms with E-state index in [1.54, 1.807) is 36.5 Å². The van der Waals surface area contributed by atoms with Crippen molar-refractivity contribution in [1.29, 1.82) is 0 Å². The van der Waals surface area contributed by atoms with Gasteiger partial charge in [0, 0.05) is 6.08 Å². The van der Waals surface area contributed by atoms with Gasteiger partial charge in [-0.05, 0) is 30.3 Å². The average molecular weight is 291 g/mol. The number of benzene rings is 2. The molecule has 0 aliphatic carbocycles. The lowest BCUT2D eigenvalue weighted by Crippen LogP contribution is -2.03. The Balaban J connectivity index is 1.66. The molecule has 1 aromatic heterocycles. The second-order valence-electron chi connectivity index (χ2n) is 4.46. The maximum absolute atomic E-state index is 11.7. The van der Waals surface area contributed by atoms with E-state index in [0.29, 0.717) is 11.4 Å². The zero-order valence-electron chi connectivity index (χ0n) is 11.7. The number of hydrogen-bond acceptors (Lipinski definition) is 4. The predicted octanol–water partition coefficient (Wildman–Crippen LogP) is 2.89. The first-order valence-corrected chi connectivity index (χ1v) is 6.74. The fourth-order valence-electron chi connectivity index (χ4n) is 1.83. The zero-order valence-corrected chi connectivity index (χ0v) is 11.7. The molecule has 5 nitrogen and oxygen atoms in total. The van der Waals surface area contributed by atoms with Crippen LogP contribution in [0.25, 0.3) is 11.8 Å². The summed E-state index contributed by atoms with van der Waals surface area (Å²) in [5.74, 6) is 0.0468. The number of carbonyl (C=O) groups excluding carboxylic acids is 1. The highest BCUT2D eigenvalue weighted by Crippen LogP contribution is 2.09. The Morgan fingerprint density at radius 2 is 1.68 bits per heavy atom. The summed E-state index contributed by atoms with van der Waals surface area (Å²) in [6, 6.07) is 18.4. The van der Waals surface area contributed by atoms with Crippen molar-refractivity contribution in [2.75, 3.05) is 0 Å². The van der Waals surface area contributed by atoms with E-state index in [1.807, 2.05) is 36.4 Å². The maximum atomic E-state index is 11.7. The van der Waals surface area contributed by atoms with Gasteiger partial charge in [0.25, 0.3) is 0 Å². The molecule has 5 heteroatoms. The summed E-state index contributed by atoms with van der Waals surface area (Å²) in [4.78, 5) is 13.2. The molecule has 3 aromatic rings. The summed E-state index contributed by atoms with van der Waals surface area (Å²) < 4.78 is 5.15. The molecule has 2 aromatic carbocycles. The van der Waals surface area contributed by atoms with Gasteiger partial charge in [0.1, 0.15) is 11.4 Å². The number of nitrogens with zero attached hydrogens (tertiary/aromatic N) is 3. The molecule has 0 atom stereocenters. The van der Waals surface area contributed by atoms with E-state index >= 15 is 0 Å². The molecule has 108 valence electrons. The van der Waals surface area contributed by atoms with Crippen LogP contribution >= 0.6 is 0 Å². The lowest BCUT2D eigenvalue weighted by molar-refractivity contribution is -0.128. The van der Waals surface area contributed by atoms with Crippen molar-refractivity contribution < 1.29 is 9.53 Å². The normalized spacial score (nSPS) is 10.7. The highest BCUT2D eigenvalue weighted by Gasteiger charge is 2.02. The monoisotopic (exact) mass is 291 g/mol. The Kier molecular flexibility index (Phi) is 4.06. The fourth-order valence-corrected chi connectivity index (χ4v) is 1.83. The number of para-hydroxylation sites is 2. The topological polar surface area (TPSA) is 57.0 Å². The van der Waals surface area contributed by atoms with Gasteiger partial charge in [0.15, 0.2) is 0 Å². The first-order valence-electron chi connectivity index (χ1n) is 6.74. The lowest BCUT2D eigenvalue weighted by atomic mass is 10.3. The third-order valence-electron chi connectivity index (χ3n) is 2.85. The highest BCUT2D eigenvalue weighted by atomic mass is 16.5. The molecule has 0 amide bonds. The van der Waals surface area contributed by atoms with Gasteiger partial charge in [0.2, 0.25) is 0 Å². The minimum absolute atomic E-state index is 0.458. The fraction of sp³-hybridized carbons (Fsp3) is 0. The van der Waals surface area contributed by atoms with Gasteiger partial charge in [-0.15, -0.1) is 5.10 Å². The van der Waals surface area contributed by atoms with Crippen molar-refractivity contribution in [2.24, 2.45) is 0 Å². The van der Waals surface area contributed by atoms with E-state index in [2.05, 4.69) is 10.2 Å². The molecule has 3 rings (SSSR count). The SMILES string of the molecule is O=C(/C=C/c1cnn(-c2ccccc2)n1)Oc1ccccc1. The number of aromatic nitrogens is 3. The van der Waals surface area contributed by atoms with Crippen molar-refractivity contribution in [3.63, 3.8) is 0 Å². The smallest absolute Gasteiger partial charge is 0.336 e. The van der Waals surface area contributed by atoms with Gasteiger partial charge < -0.3 is 4.74 Å². The number of hydrogen-bond donors (Lipinski definition) is 0. The minimum atomic E-state index is -0.458. The van der Waals surface area contributed by atoms with Crippen molar-refractivity contribution in [1.82, 2.24) is 15.0 Å². The number of ether oxygens (including phenoxy) is 1. The van der Waals surface area contributed by atoms with E-state index in [0.717, 1.165) is 5.69 Å². The third-order valence-corrected chi connectivity index (χ3v) is 2.85. The Bertz CT molecular complexity index is 780. The quantitative estimate of drug-likeness (QED) is 0.421. The molecule has 0 aliphatic rings. The van der Waals surface area contributed by atoms with Crippen molar-refractivity contribution >= 4 is 12.0 Å². The molecule has 0 aliphatic heterocycles. The van der Waals surface area contributed by atoms with Gasteiger partial charge in [-0.1, -0.05) is 36.4 Å². The van der Waals surface area contributed by atoms with Crippen LogP contribution in [0, 0.1) is 0 Å². The Hall–Kier alpha value is -3.21. The summed E-state index contributed by atoms with van der Waals surface area (Å²) in [6.45, 7) is 0. The van der Waals surface area contributed by atoms with E-state index in [4.69, 9.17) is 4.74 Å².